The maximum Gasteiger partial charge on any atom is 0.469 e. The van der Waals surface area contributed by atoms with Gasteiger partial charge in [0.1, 0.15) is 5.69 Å². The molecule has 1 fully saturated rings. The highest BCUT2D eigenvalue weighted by Gasteiger charge is 2.29. The molecule has 1 atom stereocenters. The van der Waals surface area contributed by atoms with Gasteiger partial charge in [0.25, 0.3) is 15.7 Å². The number of carboxylic acids is 1. The molecule has 67 heavy (non-hydrogen) atoms. The fraction of sp³-hybridized carbons (Fsp3) is 0.255. The number of nitro groups is 1. The number of anilines is 4. The van der Waals surface area contributed by atoms with Crippen LogP contribution >= 0.6 is 31.2 Å². The van der Waals surface area contributed by atoms with Crippen LogP contribution in [0.3, 0.4) is 0 Å². The van der Waals surface area contributed by atoms with Crippen LogP contribution in [0.5, 0.6) is 0 Å². The lowest BCUT2D eigenvalue weighted by Gasteiger charge is -2.37. The van der Waals surface area contributed by atoms with Crippen LogP contribution in [0, 0.1) is 17.0 Å². The molecule has 1 saturated heterocycles. The second-order valence-electron chi connectivity index (χ2n) is 16.2. The van der Waals surface area contributed by atoms with Crippen molar-refractivity contribution >= 4 is 75.6 Å². The van der Waals surface area contributed by atoms with E-state index in [9.17, 15) is 42.8 Å². The molecular formula is C47H50ClN6O10PS2. The minimum Gasteiger partial charge on any atom is -0.478 e. The molecule has 0 amide bonds. The SMILES string of the molecule is Cc1c(C(=O)O)c(-c2cccc(N3CCN(c4ccc(NS(=O)(=O)c5ccc(NC(CCOP(=O)(O)O)CSc6ccccc6)c([N+](=O)[O-])c5)cc4)CC3)c2)c(-c2ccc(Cl)cc2)n1C(C)C. The lowest BCUT2D eigenvalue weighted by atomic mass is 9.96. The van der Waals surface area contributed by atoms with Gasteiger partial charge in [0.2, 0.25) is 0 Å². The maximum absolute atomic E-state index is 13.6. The molecule has 1 aromatic heterocycles. The van der Waals surface area contributed by atoms with Crippen LogP contribution < -0.4 is 19.8 Å². The summed E-state index contributed by atoms with van der Waals surface area (Å²) in [7, 11) is -9.02. The zero-order chi connectivity index (χ0) is 48.0. The summed E-state index contributed by atoms with van der Waals surface area (Å²) in [6.07, 6.45) is 0.0847. The summed E-state index contributed by atoms with van der Waals surface area (Å²) < 4.78 is 47.7. The third kappa shape index (κ3) is 12.0. The lowest BCUT2D eigenvalue weighted by molar-refractivity contribution is -0.384. The Morgan fingerprint density at radius 3 is 2.15 bits per heavy atom. The number of aromatic nitrogens is 1. The molecular weight excluding hydrogens is 939 g/mol. The number of aromatic carboxylic acids is 1. The number of thioether (sulfide) groups is 1. The first-order chi connectivity index (χ1) is 31.9. The highest BCUT2D eigenvalue weighted by Crippen LogP contribution is 2.43. The van der Waals surface area contributed by atoms with E-state index in [0.717, 1.165) is 39.2 Å². The van der Waals surface area contributed by atoms with Crippen molar-refractivity contribution < 1.29 is 42.1 Å². The fourth-order valence-electron chi connectivity index (χ4n) is 8.22. The van der Waals surface area contributed by atoms with Gasteiger partial charge in [-0.15, -0.1) is 11.8 Å². The van der Waals surface area contributed by atoms with Gasteiger partial charge in [-0.05, 0) is 111 Å². The molecule has 7 rings (SSSR count). The average Bonchev–Trinajstić information content (AvgIpc) is 3.61. The summed E-state index contributed by atoms with van der Waals surface area (Å²) in [6, 6.07) is 34.5. The minimum atomic E-state index is -4.75. The van der Waals surface area contributed by atoms with Gasteiger partial charge in [0.05, 0.1) is 27.7 Å². The van der Waals surface area contributed by atoms with Crippen molar-refractivity contribution in [2.24, 2.45) is 0 Å². The summed E-state index contributed by atoms with van der Waals surface area (Å²) in [5, 5.41) is 26.4. The normalized spacial score (nSPS) is 13.7. The first-order valence-corrected chi connectivity index (χ1v) is 25.7. The molecule has 1 unspecified atom stereocenters. The summed E-state index contributed by atoms with van der Waals surface area (Å²) in [4.78, 5) is 47.8. The Hall–Kier alpha value is -5.85. The molecule has 5 N–H and O–H groups in total. The number of phosphoric acid groups is 1. The molecule has 6 aromatic rings. The van der Waals surface area contributed by atoms with Crippen molar-refractivity contribution in [3.63, 3.8) is 0 Å². The molecule has 1 aliphatic heterocycles. The van der Waals surface area contributed by atoms with Gasteiger partial charge in [0, 0.05) is 88.3 Å². The van der Waals surface area contributed by atoms with Gasteiger partial charge < -0.3 is 34.6 Å². The first kappa shape index (κ1) is 49.1. The van der Waals surface area contributed by atoms with E-state index in [1.165, 1.54) is 23.9 Å². The molecule has 0 saturated carbocycles. The number of nitrogens with zero attached hydrogens (tertiary/aromatic N) is 4. The Bertz CT molecular complexity index is 2890. The molecule has 352 valence electrons. The molecule has 1 aliphatic rings. The number of hydrogen-bond acceptors (Lipinski definition) is 11. The number of phosphoric ester groups is 1. The van der Waals surface area contributed by atoms with E-state index in [4.69, 9.17) is 11.6 Å². The fourth-order valence-corrected chi connectivity index (χ4v) is 10.8. The first-order valence-electron chi connectivity index (χ1n) is 21.3. The monoisotopic (exact) mass is 988 g/mol. The third-order valence-electron chi connectivity index (χ3n) is 11.3. The van der Waals surface area contributed by atoms with E-state index >= 15 is 0 Å². The van der Waals surface area contributed by atoms with E-state index < -0.39 is 40.5 Å². The second kappa shape index (κ2) is 21.0. The summed E-state index contributed by atoms with van der Waals surface area (Å²) in [5.74, 6) is -0.649. The number of nitro benzene ring substituents is 1. The van der Waals surface area contributed by atoms with E-state index in [0.29, 0.717) is 48.2 Å². The Labute approximate surface area is 398 Å². The van der Waals surface area contributed by atoms with Gasteiger partial charge in [-0.1, -0.05) is 54.1 Å². The standard InChI is InChI=1S/C47H50ClN6O10PS2/c1-31(2)53-32(3)44(47(55)56)45(46(53)33-12-14-35(48)15-13-33)34-8-7-9-39(28-34)52-25-23-51(24-26-52)38-18-16-36(17-19-38)50-67(62,63)41-20-21-42(43(29-41)54(57)58)49-37(22-27-64-65(59,60)61)30-66-40-10-5-4-6-11-40/h4-21,28-29,31,37,49-50H,22-27,30H2,1-3H3,(H,55,56)(H2,59,60,61). The molecule has 0 aliphatic carbocycles. The molecule has 0 radical (unpaired) electrons. The molecule has 5 aromatic carbocycles. The van der Waals surface area contributed by atoms with Crippen LogP contribution in [-0.2, 0) is 19.1 Å². The zero-order valence-corrected chi connectivity index (χ0v) is 40.1. The van der Waals surface area contributed by atoms with Crippen LogP contribution in [0.4, 0.5) is 28.4 Å². The Kier molecular flexibility index (Phi) is 15.4. The van der Waals surface area contributed by atoms with Gasteiger partial charge in [-0.25, -0.2) is 17.8 Å². The van der Waals surface area contributed by atoms with Gasteiger partial charge in [-0.3, -0.25) is 19.4 Å². The molecule has 0 spiro atoms. The molecule has 0 bridgehead atoms. The number of benzene rings is 5. The Morgan fingerprint density at radius 2 is 1.54 bits per heavy atom. The molecule has 16 nitrogen and oxygen atoms in total. The average molecular weight is 990 g/mol. The predicted octanol–water partition coefficient (Wildman–Crippen LogP) is 10.2. The van der Waals surface area contributed by atoms with Crippen molar-refractivity contribution in [3.8, 4) is 22.4 Å². The molecule has 20 heteroatoms. The quantitative estimate of drug-likeness (QED) is 0.0221. The number of piperazine rings is 1. The van der Waals surface area contributed by atoms with Crippen molar-refractivity contribution in [3.05, 3.63) is 148 Å². The third-order valence-corrected chi connectivity index (χ3v) is 14.6. The van der Waals surface area contributed by atoms with Crippen LogP contribution in [0.2, 0.25) is 5.02 Å². The van der Waals surface area contributed by atoms with Crippen molar-refractivity contribution in [2.45, 2.75) is 49.1 Å². The van der Waals surface area contributed by atoms with Crippen molar-refractivity contribution in [1.29, 1.82) is 0 Å². The van der Waals surface area contributed by atoms with E-state index in [-0.39, 0.29) is 40.9 Å². The van der Waals surface area contributed by atoms with Crippen LogP contribution in [-0.4, -0.2) is 83.4 Å². The summed E-state index contributed by atoms with van der Waals surface area (Å²) in [6.45, 7) is 8.22. The van der Waals surface area contributed by atoms with E-state index in [2.05, 4.69) is 28.9 Å². The number of carbonyl (C=O) groups is 1. The second-order valence-corrected chi connectivity index (χ2v) is 20.6. The number of carboxylic acid groups (broad SMARTS) is 1. The van der Waals surface area contributed by atoms with E-state index in [1.54, 1.807) is 36.4 Å². The lowest BCUT2D eigenvalue weighted by Crippen LogP contribution is -2.46. The number of hydrogen-bond donors (Lipinski definition) is 5. The van der Waals surface area contributed by atoms with Crippen LogP contribution in [0.15, 0.2) is 131 Å². The smallest absolute Gasteiger partial charge is 0.469 e. The van der Waals surface area contributed by atoms with Crippen molar-refractivity contribution in [1.82, 2.24) is 4.57 Å². The van der Waals surface area contributed by atoms with Gasteiger partial charge >= 0.3 is 13.8 Å². The summed E-state index contributed by atoms with van der Waals surface area (Å²) >= 11 is 7.67. The highest BCUT2D eigenvalue weighted by molar-refractivity contribution is 7.99. The highest BCUT2D eigenvalue weighted by atomic mass is 35.5. The Morgan fingerprint density at radius 1 is 0.881 bits per heavy atom. The topological polar surface area (TPSA) is 217 Å². The van der Waals surface area contributed by atoms with Crippen LogP contribution in [0.25, 0.3) is 22.4 Å². The largest absolute Gasteiger partial charge is 0.478 e. The molecule has 2 heterocycles. The summed E-state index contributed by atoms with van der Waals surface area (Å²) in [5.41, 5.74) is 5.65. The zero-order valence-electron chi connectivity index (χ0n) is 36.8. The van der Waals surface area contributed by atoms with Gasteiger partial charge in [-0.2, -0.15) is 0 Å². The number of nitrogens with one attached hydrogen (secondary N) is 2. The number of rotatable bonds is 19. The Balaban J connectivity index is 1.02. The van der Waals surface area contributed by atoms with Crippen LogP contribution in [0.1, 0.15) is 42.4 Å². The maximum atomic E-state index is 13.6. The van der Waals surface area contributed by atoms with Crippen molar-refractivity contribution in [2.75, 3.05) is 58.4 Å². The number of halogens is 1. The van der Waals surface area contributed by atoms with E-state index in [1.807, 2.05) is 87.5 Å². The predicted molar refractivity (Wildman–Crippen MR) is 264 cm³/mol. The number of sulfonamides is 1. The minimum absolute atomic E-state index is 0.0104. The van der Waals surface area contributed by atoms with Gasteiger partial charge in [0.15, 0.2) is 0 Å².